The first-order valence-electron chi connectivity index (χ1n) is 18.3. The molecule has 0 fully saturated rings. The Balaban J connectivity index is 1.38. The lowest BCUT2D eigenvalue weighted by Gasteiger charge is -2.04. The molecule has 2 nitrogen and oxygen atoms in total. The summed E-state index contributed by atoms with van der Waals surface area (Å²) in [6, 6.07) is 20.2. The number of aliphatic imine (C=N–C) groups is 2. The van der Waals surface area contributed by atoms with Gasteiger partial charge in [-0.3, -0.25) is 4.99 Å². The molecule has 2 rings (SSSR count). The highest BCUT2D eigenvalue weighted by molar-refractivity contribution is 6.36. The van der Waals surface area contributed by atoms with Gasteiger partial charge in [0, 0.05) is 0 Å². The van der Waals surface area contributed by atoms with Crippen molar-refractivity contribution >= 4 is 23.3 Å². The molecule has 0 aliphatic carbocycles. The third-order valence-electron chi connectivity index (χ3n) is 8.38. The van der Waals surface area contributed by atoms with E-state index >= 15 is 0 Å². The molecule has 0 unspecified atom stereocenters. The molecule has 2 heteroatoms. The van der Waals surface area contributed by atoms with Crippen LogP contribution in [0.5, 0.6) is 0 Å². The van der Waals surface area contributed by atoms with Crippen molar-refractivity contribution in [3.63, 3.8) is 0 Å². The Kier molecular flexibility index (Phi) is 24.2. The predicted octanol–water partition coefficient (Wildman–Crippen LogP) is 14.1. The second-order valence-electron chi connectivity index (χ2n) is 12.4. The number of allylic oxidation sites excluding steroid dienone is 2. The second kappa shape index (κ2) is 28.3. The van der Waals surface area contributed by atoms with Crippen molar-refractivity contribution in [1.82, 2.24) is 0 Å². The molecule has 0 aliphatic heterocycles. The van der Waals surface area contributed by atoms with Crippen LogP contribution in [0.2, 0.25) is 0 Å². The molecule has 0 bridgehead atoms. The third-order valence-corrected chi connectivity index (χ3v) is 8.38. The molecule has 0 N–H and O–H groups in total. The Morgan fingerprint density at radius 2 is 0.837 bits per heavy atom. The van der Waals surface area contributed by atoms with Crippen LogP contribution in [0.1, 0.15) is 161 Å². The molecule has 238 valence electrons. The molecule has 0 atom stereocenters. The fraction of sp³-hybridized carbons (Fsp3) is 0.610. The molecule has 0 aliphatic rings. The lowest BCUT2D eigenvalue weighted by atomic mass is 10.0. The zero-order valence-electron chi connectivity index (χ0n) is 27.9. The van der Waals surface area contributed by atoms with Gasteiger partial charge >= 0.3 is 0 Å². The fourth-order valence-electron chi connectivity index (χ4n) is 5.67. The molecule has 43 heavy (non-hydrogen) atoms. The second-order valence-corrected chi connectivity index (χ2v) is 12.4. The molecule has 2 aromatic carbocycles. The zero-order valence-corrected chi connectivity index (χ0v) is 27.9. The summed E-state index contributed by atoms with van der Waals surface area (Å²) in [5.74, 6) is 0. The molecule has 0 aromatic heterocycles. The summed E-state index contributed by atoms with van der Waals surface area (Å²) in [7, 11) is 0. The van der Waals surface area contributed by atoms with E-state index in [0.29, 0.717) is 0 Å². The largest absolute Gasteiger partial charge is 0.255 e. The minimum atomic E-state index is 0.893. The number of benzene rings is 2. The number of nitrogens with zero attached hydrogens (tertiary/aromatic N) is 2. The zero-order chi connectivity index (χ0) is 30.3. The summed E-state index contributed by atoms with van der Waals surface area (Å²) >= 11 is 0. The first-order valence-corrected chi connectivity index (χ1v) is 18.3. The average Bonchev–Trinajstić information content (AvgIpc) is 3.04. The normalized spacial score (nSPS) is 12.2. The molecule has 0 saturated carbocycles. The van der Waals surface area contributed by atoms with E-state index in [2.05, 4.69) is 24.1 Å². The number of para-hydroxylation sites is 2. The number of unbranched alkanes of at least 4 members (excludes halogenated alkanes) is 23. The smallest absolute Gasteiger partial charge is 0.0816 e. The predicted molar refractivity (Wildman–Crippen MR) is 194 cm³/mol. The Morgan fingerprint density at radius 1 is 0.465 bits per heavy atom. The van der Waals surface area contributed by atoms with Crippen molar-refractivity contribution in [3.05, 3.63) is 72.8 Å². The highest BCUT2D eigenvalue weighted by Gasteiger charge is 1.97. The van der Waals surface area contributed by atoms with Gasteiger partial charge in [0.15, 0.2) is 0 Å². The first kappa shape index (κ1) is 36.7. The van der Waals surface area contributed by atoms with Crippen LogP contribution in [0.4, 0.5) is 11.4 Å². The number of rotatable bonds is 28. The van der Waals surface area contributed by atoms with Gasteiger partial charge in [-0.2, -0.15) is 0 Å². The Bertz CT molecular complexity index is 944. The maximum atomic E-state index is 4.78. The maximum Gasteiger partial charge on any atom is 0.0816 e. The summed E-state index contributed by atoms with van der Waals surface area (Å²) in [6.07, 6.45) is 40.3. The van der Waals surface area contributed by atoms with E-state index in [1.54, 1.807) is 0 Å². The van der Waals surface area contributed by atoms with E-state index in [1.807, 2.05) is 66.9 Å². The van der Waals surface area contributed by atoms with E-state index < -0.39 is 0 Å². The monoisotopic (exact) mass is 585 g/mol. The molecule has 2 aromatic rings. The summed E-state index contributed by atoms with van der Waals surface area (Å²) in [6.45, 7) is 2.30. The van der Waals surface area contributed by atoms with Gasteiger partial charge in [0.25, 0.3) is 0 Å². The number of hydrogen-bond acceptors (Lipinski definition) is 2. The van der Waals surface area contributed by atoms with Gasteiger partial charge in [-0.15, -0.1) is 0 Å². The van der Waals surface area contributed by atoms with Gasteiger partial charge in [-0.1, -0.05) is 191 Å². The van der Waals surface area contributed by atoms with Crippen molar-refractivity contribution in [1.29, 1.82) is 0 Å². The van der Waals surface area contributed by atoms with Gasteiger partial charge in [-0.05, 0) is 43.2 Å². The fourth-order valence-corrected chi connectivity index (χ4v) is 5.67. The molecule has 0 amide bonds. The minimum absolute atomic E-state index is 0.893. The highest BCUT2D eigenvalue weighted by atomic mass is 14.8. The van der Waals surface area contributed by atoms with Crippen LogP contribution in [0.15, 0.2) is 82.8 Å². The van der Waals surface area contributed by atoms with Crippen molar-refractivity contribution in [2.45, 2.75) is 161 Å². The quantitative estimate of drug-likeness (QED) is 0.0702. The van der Waals surface area contributed by atoms with Crippen LogP contribution in [-0.4, -0.2) is 11.9 Å². The Morgan fingerprint density at radius 3 is 1.26 bits per heavy atom. The third kappa shape index (κ3) is 22.7. The van der Waals surface area contributed by atoms with Gasteiger partial charge in [0.1, 0.15) is 0 Å². The van der Waals surface area contributed by atoms with Crippen molar-refractivity contribution in [2.24, 2.45) is 9.98 Å². The summed E-state index contributed by atoms with van der Waals surface area (Å²) in [5, 5.41) is 0. The van der Waals surface area contributed by atoms with Crippen LogP contribution >= 0.6 is 0 Å². The average molecular weight is 585 g/mol. The van der Waals surface area contributed by atoms with Crippen LogP contribution in [0, 0.1) is 0 Å². The molecular formula is C41H64N2. The maximum absolute atomic E-state index is 4.78. The van der Waals surface area contributed by atoms with Crippen LogP contribution < -0.4 is 0 Å². The van der Waals surface area contributed by atoms with Crippen LogP contribution in [0.3, 0.4) is 0 Å². The first-order chi connectivity index (χ1) is 21.4. The van der Waals surface area contributed by atoms with Crippen LogP contribution in [-0.2, 0) is 0 Å². The van der Waals surface area contributed by atoms with E-state index in [9.17, 15) is 0 Å². The lowest BCUT2D eigenvalue weighted by Crippen LogP contribution is -1.94. The molecular weight excluding hydrogens is 520 g/mol. The molecule has 0 saturated heterocycles. The molecule has 0 radical (unpaired) electrons. The Labute approximate surface area is 266 Å². The minimum Gasteiger partial charge on any atom is -0.255 e. The van der Waals surface area contributed by atoms with E-state index in [-0.39, 0.29) is 0 Å². The van der Waals surface area contributed by atoms with Gasteiger partial charge in [0.05, 0.1) is 23.3 Å². The van der Waals surface area contributed by atoms with Crippen molar-refractivity contribution in [3.8, 4) is 0 Å². The van der Waals surface area contributed by atoms with Gasteiger partial charge in [-0.25, -0.2) is 4.99 Å². The molecule has 0 heterocycles. The van der Waals surface area contributed by atoms with E-state index in [1.165, 1.54) is 148 Å². The summed E-state index contributed by atoms with van der Waals surface area (Å²) in [5.41, 5.74) is 2.80. The van der Waals surface area contributed by atoms with E-state index in [4.69, 9.17) is 4.99 Å². The highest BCUT2D eigenvalue weighted by Crippen LogP contribution is 2.16. The van der Waals surface area contributed by atoms with Crippen LogP contribution in [0.25, 0.3) is 0 Å². The number of hydrogen-bond donors (Lipinski definition) is 0. The van der Waals surface area contributed by atoms with Crippen molar-refractivity contribution in [2.75, 3.05) is 0 Å². The SMILES string of the molecule is CCCCCCCCCCCCCCCCCCCCCCCCC/C=C/C(C=Nc1ccccc1)=Nc1ccccc1. The standard InChI is InChI=1S/C41H64N2/c1-2-3-4-5-6-7-8-9-10-11-12-13-14-15-16-17-18-19-20-21-22-23-24-25-28-37-41(43-40-35-31-27-32-36-40)38-42-39-33-29-26-30-34-39/h26-38H,2-25H2,1H3/b37-28+,42-38?,43-41?. The Hall–Kier alpha value is -2.48. The van der Waals surface area contributed by atoms with E-state index in [0.717, 1.165) is 23.5 Å². The molecule has 0 spiro atoms. The van der Waals surface area contributed by atoms with Gasteiger partial charge in [0.2, 0.25) is 0 Å². The summed E-state index contributed by atoms with van der Waals surface area (Å²) < 4.78 is 0. The topological polar surface area (TPSA) is 24.7 Å². The van der Waals surface area contributed by atoms with Crippen molar-refractivity contribution < 1.29 is 0 Å². The summed E-state index contributed by atoms with van der Waals surface area (Å²) in [4.78, 5) is 9.39. The lowest BCUT2D eigenvalue weighted by molar-refractivity contribution is 0.518. The van der Waals surface area contributed by atoms with Gasteiger partial charge < -0.3 is 0 Å².